The van der Waals surface area contributed by atoms with Gasteiger partial charge in [0.15, 0.2) is 0 Å². The molecule has 0 heterocycles. The Balaban J connectivity index is 3.18. The Kier molecular flexibility index (Phi) is 4.05. The Labute approximate surface area is 100 Å². The molecule has 0 fully saturated rings. The topological polar surface area (TPSA) is 70.2 Å². The van der Waals surface area contributed by atoms with Gasteiger partial charge < -0.3 is 4.90 Å². The molecule has 5 nitrogen and oxygen atoms in total. The molecule has 0 bridgehead atoms. The minimum Gasteiger partial charge on any atom is -0.365 e. The molecular formula is C12H15N3O2. The number of aryl methyl sites for hydroxylation is 1. The van der Waals surface area contributed by atoms with Gasteiger partial charge in [-0.05, 0) is 19.9 Å². The standard InChI is InChI=1S/C12H15N3O2/c1-9-5-4-6-11(12(9)15(16)17)14(3)10(2)7-8-13/h4-6,10H,7H2,1-3H3. The lowest BCUT2D eigenvalue weighted by Crippen LogP contribution is -2.29. The average molecular weight is 233 g/mol. The van der Waals surface area contributed by atoms with Crippen LogP contribution in [-0.4, -0.2) is 18.0 Å². The van der Waals surface area contributed by atoms with Gasteiger partial charge in [-0.1, -0.05) is 12.1 Å². The summed E-state index contributed by atoms with van der Waals surface area (Å²) in [5.74, 6) is 0. The highest BCUT2D eigenvalue weighted by molar-refractivity contribution is 5.66. The summed E-state index contributed by atoms with van der Waals surface area (Å²) in [7, 11) is 1.77. The number of nitriles is 1. The fourth-order valence-electron chi connectivity index (χ4n) is 1.67. The summed E-state index contributed by atoms with van der Waals surface area (Å²) in [6.07, 6.45) is 0.335. The van der Waals surface area contributed by atoms with E-state index in [1.807, 2.05) is 6.92 Å². The van der Waals surface area contributed by atoms with Crippen LogP contribution in [0, 0.1) is 28.4 Å². The number of rotatable bonds is 4. The zero-order valence-corrected chi connectivity index (χ0v) is 10.2. The number of hydrogen-bond donors (Lipinski definition) is 0. The summed E-state index contributed by atoms with van der Waals surface area (Å²) in [6, 6.07) is 7.22. The van der Waals surface area contributed by atoms with Crippen LogP contribution >= 0.6 is 0 Å². The number of para-hydroxylation sites is 1. The van der Waals surface area contributed by atoms with Gasteiger partial charge in [0.1, 0.15) is 5.69 Å². The van der Waals surface area contributed by atoms with Gasteiger partial charge in [-0.25, -0.2) is 0 Å². The van der Waals surface area contributed by atoms with Crippen molar-refractivity contribution in [3.05, 3.63) is 33.9 Å². The summed E-state index contributed by atoms with van der Waals surface area (Å²) in [5, 5.41) is 19.7. The largest absolute Gasteiger partial charge is 0.365 e. The maximum Gasteiger partial charge on any atom is 0.295 e. The zero-order chi connectivity index (χ0) is 13.0. The van der Waals surface area contributed by atoms with E-state index < -0.39 is 0 Å². The Morgan fingerprint density at radius 1 is 1.59 bits per heavy atom. The molecule has 0 N–H and O–H groups in total. The number of benzene rings is 1. The third kappa shape index (κ3) is 2.72. The van der Waals surface area contributed by atoms with Crippen LogP contribution in [0.2, 0.25) is 0 Å². The van der Waals surface area contributed by atoms with Crippen LogP contribution in [-0.2, 0) is 0 Å². The van der Waals surface area contributed by atoms with Gasteiger partial charge in [0.2, 0.25) is 0 Å². The van der Waals surface area contributed by atoms with E-state index in [0.717, 1.165) is 0 Å². The lowest BCUT2D eigenvalue weighted by molar-refractivity contribution is -0.384. The van der Waals surface area contributed by atoms with Crippen molar-refractivity contribution in [3.63, 3.8) is 0 Å². The van der Waals surface area contributed by atoms with E-state index in [0.29, 0.717) is 17.7 Å². The molecule has 0 saturated carbocycles. The Morgan fingerprint density at radius 2 is 2.24 bits per heavy atom. The van der Waals surface area contributed by atoms with Gasteiger partial charge >= 0.3 is 0 Å². The molecule has 1 atom stereocenters. The maximum absolute atomic E-state index is 11.0. The first kappa shape index (κ1) is 13.0. The van der Waals surface area contributed by atoms with Gasteiger partial charge in [-0.15, -0.1) is 0 Å². The third-order valence-electron chi connectivity index (χ3n) is 2.83. The highest BCUT2D eigenvalue weighted by Gasteiger charge is 2.22. The summed E-state index contributed by atoms with van der Waals surface area (Å²) in [5.41, 5.74) is 1.29. The van der Waals surface area contributed by atoms with Crippen molar-refractivity contribution in [2.75, 3.05) is 11.9 Å². The Hall–Kier alpha value is -2.09. The van der Waals surface area contributed by atoms with Gasteiger partial charge in [0.25, 0.3) is 5.69 Å². The second kappa shape index (κ2) is 5.30. The molecule has 1 unspecified atom stereocenters. The lowest BCUT2D eigenvalue weighted by atomic mass is 10.1. The van der Waals surface area contributed by atoms with Crippen molar-refractivity contribution in [1.82, 2.24) is 0 Å². The van der Waals surface area contributed by atoms with Crippen molar-refractivity contribution in [1.29, 1.82) is 5.26 Å². The Morgan fingerprint density at radius 3 is 2.76 bits per heavy atom. The molecule has 90 valence electrons. The maximum atomic E-state index is 11.0. The van der Waals surface area contributed by atoms with E-state index in [1.54, 1.807) is 37.1 Å². The summed E-state index contributed by atoms with van der Waals surface area (Å²) >= 11 is 0. The van der Waals surface area contributed by atoms with Crippen LogP contribution in [0.3, 0.4) is 0 Å². The number of nitrogens with zero attached hydrogens (tertiary/aromatic N) is 3. The molecule has 0 aliphatic heterocycles. The van der Waals surface area contributed by atoms with Crippen LogP contribution in [0.1, 0.15) is 18.9 Å². The normalized spacial score (nSPS) is 11.6. The van der Waals surface area contributed by atoms with E-state index in [2.05, 4.69) is 6.07 Å². The Bertz CT molecular complexity index is 465. The molecule has 0 radical (unpaired) electrons. The number of hydrogen-bond acceptors (Lipinski definition) is 4. The van der Waals surface area contributed by atoms with E-state index in [-0.39, 0.29) is 16.7 Å². The molecule has 17 heavy (non-hydrogen) atoms. The molecule has 1 rings (SSSR count). The summed E-state index contributed by atoms with van der Waals surface area (Å²) < 4.78 is 0. The minimum absolute atomic E-state index is 0.0551. The van der Waals surface area contributed by atoms with E-state index in [9.17, 15) is 10.1 Å². The van der Waals surface area contributed by atoms with E-state index in [4.69, 9.17) is 5.26 Å². The molecule has 0 aromatic heterocycles. The van der Waals surface area contributed by atoms with Gasteiger partial charge in [-0.3, -0.25) is 10.1 Å². The third-order valence-corrected chi connectivity index (χ3v) is 2.83. The molecule has 0 amide bonds. The lowest BCUT2D eigenvalue weighted by Gasteiger charge is -2.25. The molecule has 0 aliphatic rings. The number of nitro benzene ring substituents is 1. The zero-order valence-electron chi connectivity index (χ0n) is 10.2. The van der Waals surface area contributed by atoms with E-state index >= 15 is 0 Å². The second-order valence-electron chi connectivity index (χ2n) is 4.02. The van der Waals surface area contributed by atoms with Gasteiger partial charge in [-0.2, -0.15) is 5.26 Å². The fraction of sp³-hybridized carbons (Fsp3) is 0.417. The monoisotopic (exact) mass is 233 g/mol. The number of nitro groups is 1. The van der Waals surface area contributed by atoms with Crippen molar-refractivity contribution in [3.8, 4) is 6.07 Å². The molecule has 5 heteroatoms. The molecule has 0 saturated heterocycles. The van der Waals surface area contributed by atoms with Crippen LogP contribution in [0.25, 0.3) is 0 Å². The predicted octanol–water partition coefficient (Wildman–Crippen LogP) is 2.64. The molecule has 0 aliphatic carbocycles. The van der Waals surface area contributed by atoms with Gasteiger partial charge in [0.05, 0.1) is 17.4 Å². The summed E-state index contributed by atoms with van der Waals surface area (Å²) in [4.78, 5) is 12.4. The molecular weight excluding hydrogens is 218 g/mol. The molecule has 1 aromatic carbocycles. The smallest absolute Gasteiger partial charge is 0.295 e. The van der Waals surface area contributed by atoms with Crippen molar-refractivity contribution in [2.45, 2.75) is 26.3 Å². The second-order valence-corrected chi connectivity index (χ2v) is 4.02. The quantitative estimate of drug-likeness (QED) is 0.592. The minimum atomic E-state index is -0.375. The van der Waals surface area contributed by atoms with Crippen LogP contribution in [0.4, 0.5) is 11.4 Å². The fourth-order valence-corrected chi connectivity index (χ4v) is 1.67. The van der Waals surface area contributed by atoms with Crippen LogP contribution in [0.5, 0.6) is 0 Å². The predicted molar refractivity (Wildman–Crippen MR) is 65.9 cm³/mol. The molecule has 0 spiro atoms. The van der Waals surface area contributed by atoms with E-state index in [1.165, 1.54) is 0 Å². The SMILES string of the molecule is Cc1cccc(N(C)C(C)CC#N)c1[N+](=O)[O-]. The average Bonchev–Trinajstić information content (AvgIpc) is 2.27. The summed E-state index contributed by atoms with van der Waals surface area (Å²) in [6.45, 7) is 3.58. The van der Waals surface area contributed by atoms with Crippen LogP contribution < -0.4 is 4.90 Å². The first-order valence-electron chi connectivity index (χ1n) is 5.32. The molecule has 1 aromatic rings. The van der Waals surface area contributed by atoms with Crippen molar-refractivity contribution < 1.29 is 4.92 Å². The number of anilines is 1. The van der Waals surface area contributed by atoms with Crippen LogP contribution in [0.15, 0.2) is 18.2 Å². The first-order chi connectivity index (χ1) is 7.99. The van der Waals surface area contributed by atoms with Crippen molar-refractivity contribution in [2.24, 2.45) is 0 Å². The first-order valence-corrected chi connectivity index (χ1v) is 5.32. The van der Waals surface area contributed by atoms with Gasteiger partial charge in [0, 0.05) is 18.7 Å². The van der Waals surface area contributed by atoms with Crippen molar-refractivity contribution >= 4 is 11.4 Å². The highest BCUT2D eigenvalue weighted by atomic mass is 16.6. The highest BCUT2D eigenvalue weighted by Crippen LogP contribution is 2.31.